The number of rotatable bonds is 3. The third kappa shape index (κ3) is 3.27. The van der Waals surface area contributed by atoms with Gasteiger partial charge in [0.25, 0.3) is 5.91 Å². The smallest absolute Gasteiger partial charge is 0.253 e. The molecule has 19 heavy (non-hydrogen) atoms. The van der Waals surface area contributed by atoms with Crippen LogP contribution >= 0.6 is 0 Å². The second-order valence-corrected chi connectivity index (χ2v) is 5.99. The zero-order valence-corrected chi connectivity index (χ0v) is 11.6. The van der Waals surface area contributed by atoms with E-state index in [9.17, 15) is 4.79 Å². The molecule has 1 amide bonds. The molecular weight excluding hydrogens is 242 g/mol. The maximum atomic E-state index is 12.3. The van der Waals surface area contributed by atoms with Crippen molar-refractivity contribution in [2.45, 2.75) is 25.4 Å². The molecule has 0 unspecified atom stereocenters. The van der Waals surface area contributed by atoms with Crippen LogP contribution in [0.25, 0.3) is 0 Å². The molecule has 0 bridgehead atoms. The number of amides is 1. The topological polar surface area (TPSA) is 44.8 Å². The number of carbonyl (C=O) groups is 1. The standard InChI is InChI=1S/C14H25N3O2/c18-14(13-10-15-4-9-19-13)17-7-5-16(6-8-17)11-12-2-1-3-12/h12-13,15H,1-11H2/t13-/m1/s1. The van der Waals surface area contributed by atoms with Gasteiger partial charge in [0.05, 0.1) is 6.61 Å². The first kappa shape index (κ1) is 13.3. The molecule has 1 atom stereocenters. The van der Waals surface area contributed by atoms with Gasteiger partial charge in [-0.15, -0.1) is 0 Å². The molecule has 2 heterocycles. The summed E-state index contributed by atoms with van der Waals surface area (Å²) in [6, 6.07) is 0. The predicted molar refractivity (Wildman–Crippen MR) is 73.0 cm³/mol. The fraction of sp³-hybridized carbons (Fsp3) is 0.929. The maximum Gasteiger partial charge on any atom is 0.253 e. The van der Waals surface area contributed by atoms with Gasteiger partial charge in [0.1, 0.15) is 6.10 Å². The molecule has 5 heteroatoms. The molecular formula is C14H25N3O2. The minimum atomic E-state index is -0.257. The normalized spacial score (nSPS) is 30.1. The van der Waals surface area contributed by atoms with E-state index in [1.165, 1.54) is 25.8 Å². The van der Waals surface area contributed by atoms with Gasteiger partial charge in [0, 0.05) is 45.8 Å². The Hall–Kier alpha value is -0.650. The van der Waals surface area contributed by atoms with Crippen molar-refractivity contribution < 1.29 is 9.53 Å². The summed E-state index contributed by atoms with van der Waals surface area (Å²) >= 11 is 0. The second kappa shape index (κ2) is 6.20. The Labute approximate surface area is 115 Å². The minimum Gasteiger partial charge on any atom is -0.366 e. The fourth-order valence-corrected chi connectivity index (χ4v) is 3.12. The van der Waals surface area contributed by atoms with Crippen molar-refractivity contribution in [2.75, 3.05) is 52.4 Å². The molecule has 3 aliphatic rings. The number of morpholine rings is 1. The number of nitrogens with one attached hydrogen (secondary N) is 1. The van der Waals surface area contributed by atoms with E-state index in [2.05, 4.69) is 10.2 Å². The molecule has 5 nitrogen and oxygen atoms in total. The van der Waals surface area contributed by atoms with E-state index >= 15 is 0 Å². The highest BCUT2D eigenvalue weighted by Crippen LogP contribution is 2.27. The van der Waals surface area contributed by atoms with Crippen LogP contribution in [0.3, 0.4) is 0 Å². The Bertz CT molecular complexity index is 306. The van der Waals surface area contributed by atoms with Crippen molar-refractivity contribution >= 4 is 5.91 Å². The number of hydrogen-bond acceptors (Lipinski definition) is 4. The fourth-order valence-electron chi connectivity index (χ4n) is 3.12. The van der Waals surface area contributed by atoms with Crippen LogP contribution in [0, 0.1) is 5.92 Å². The highest BCUT2D eigenvalue weighted by Gasteiger charge is 2.30. The van der Waals surface area contributed by atoms with Gasteiger partial charge in [-0.3, -0.25) is 9.69 Å². The summed E-state index contributed by atoms with van der Waals surface area (Å²) in [5.74, 6) is 1.10. The average molecular weight is 267 g/mol. The molecule has 2 saturated heterocycles. The molecule has 0 spiro atoms. The molecule has 0 radical (unpaired) electrons. The van der Waals surface area contributed by atoms with E-state index in [1.54, 1.807) is 0 Å². The van der Waals surface area contributed by atoms with Crippen molar-refractivity contribution in [1.29, 1.82) is 0 Å². The van der Waals surface area contributed by atoms with E-state index in [4.69, 9.17) is 4.74 Å². The number of nitrogens with zero attached hydrogens (tertiary/aromatic N) is 2. The molecule has 0 aromatic rings. The van der Waals surface area contributed by atoms with Crippen LogP contribution in [-0.4, -0.2) is 74.2 Å². The monoisotopic (exact) mass is 267 g/mol. The summed E-state index contributed by atoms with van der Waals surface area (Å²) in [7, 11) is 0. The lowest BCUT2D eigenvalue weighted by Crippen LogP contribution is -2.55. The molecule has 1 saturated carbocycles. The highest BCUT2D eigenvalue weighted by atomic mass is 16.5. The van der Waals surface area contributed by atoms with E-state index in [0.717, 1.165) is 38.6 Å². The lowest BCUT2D eigenvalue weighted by atomic mass is 9.85. The number of carbonyl (C=O) groups excluding carboxylic acids is 1. The van der Waals surface area contributed by atoms with Gasteiger partial charge in [-0.25, -0.2) is 0 Å². The van der Waals surface area contributed by atoms with Gasteiger partial charge in [-0.1, -0.05) is 6.42 Å². The van der Waals surface area contributed by atoms with E-state index in [0.29, 0.717) is 13.2 Å². The second-order valence-electron chi connectivity index (χ2n) is 5.99. The maximum absolute atomic E-state index is 12.3. The third-order valence-electron chi connectivity index (χ3n) is 4.63. The van der Waals surface area contributed by atoms with Crippen molar-refractivity contribution in [3.05, 3.63) is 0 Å². The molecule has 1 N–H and O–H groups in total. The Balaban J connectivity index is 1.42. The van der Waals surface area contributed by atoms with Gasteiger partial charge in [0.2, 0.25) is 0 Å². The van der Waals surface area contributed by atoms with Crippen molar-refractivity contribution in [3.63, 3.8) is 0 Å². The summed E-state index contributed by atoms with van der Waals surface area (Å²) in [5.41, 5.74) is 0. The zero-order valence-electron chi connectivity index (χ0n) is 11.6. The van der Waals surface area contributed by atoms with Crippen LogP contribution in [-0.2, 0) is 9.53 Å². The molecule has 1 aliphatic carbocycles. The summed E-state index contributed by atoms with van der Waals surface area (Å²) < 4.78 is 5.54. The summed E-state index contributed by atoms with van der Waals surface area (Å²) in [6.45, 7) is 7.21. The summed E-state index contributed by atoms with van der Waals surface area (Å²) in [6.07, 6.45) is 3.96. The molecule has 2 aliphatic heterocycles. The Morgan fingerprint density at radius 2 is 2.00 bits per heavy atom. The molecule has 0 aromatic carbocycles. The van der Waals surface area contributed by atoms with Gasteiger partial charge in [-0.05, 0) is 18.8 Å². The minimum absolute atomic E-state index is 0.176. The highest BCUT2D eigenvalue weighted by molar-refractivity contribution is 5.81. The van der Waals surface area contributed by atoms with E-state index in [-0.39, 0.29) is 12.0 Å². The summed E-state index contributed by atoms with van der Waals surface area (Å²) in [5, 5.41) is 3.22. The van der Waals surface area contributed by atoms with Crippen LogP contribution < -0.4 is 5.32 Å². The number of hydrogen-bond donors (Lipinski definition) is 1. The lowest BCUT2D eigenvalue weighted by Gasteiger charge is -2.39. The first-order valence-corrected chi connectivity index (χ1v) is 7.66. The van der Waals surface area contributed by atoms with Crippen LogP contribution in [0.2, 0.25) is 0 Å². The van der Waals surface area contributed by atoms with E-state index in [1.807, 2.05) is 4.90 Å². The van der Waals surface area contributed by atoms with Crippen molar-refractivity contribution in [2.24, 2.45) is 5.92 Å². The first-order valence-electron chi connectivity index (χ1n) is 7.66. The van der Waals surface area contributed by atoms with Crippen LogP contribution in [0.4, 0.5) is 0 Å². The van der Waals surface area contributed by atoms with Gasteiger partial charge in [0.15, 0.2) is 0 Å². The number of piperazine rings is 1. The van der Waals surface area contributed by atoms with Crippen molar-refractivity contribution in [3.8, 4) is 0 Å². The Kier molecular flexibility index (Phi) is 4.35. The Morgan fingerprint density at radius 3 is 2.58 bits per heavy atom. The lowest BCUT2D eigenvalue weighted by molar-refractivity contribution is -0.147. The SMILES string of the molecule is O=C([C@H]1CNCCO1)N1CCN(CC2CCC2)CC1. The number of ether oxygens (including phenoxy) is 1. The third-order valence-corrected chi connectivity index (χ3v) is 4.63. The molecule has 108 valence electrons. The van der Waals surface area contributed by atoms with Gasteiger partial charge < -0.3 is 15.0 Å². The zero-order chi connectivity index (χ0) is 13.1. The van der Waals surface area contributed by atoms with Crippen LogP contribution in [0.15, 0.2) is 0 Å². The Morgan fingerprint density at radius 1 is 1.21 bits per heavy atom. The van der Waals surface area contributed by atoms with Crippen LogP contribution in [0.5, 0.6) is 0 Å². The summed E-state index contributed by atoms with van der Waals surface area (Å²) in [4.78, 5) is 16.8. The molecule has 3 rings (SSSR count). The molecule has 3 fully saturated rings. The first-order chi connectivity index (χ1) is 9.33. The van der Waals surface area contributed by atoms with Gasteiger partial charge >= 0.3 is 0 Å². The predicted octanol–water partition coefficient (Wildman–Crippen LogP) is -0.0809. The van der Waals surface area contributed by atoms with Crippen molar-refractivity contribution in [1.82, 2.24) is 15.1 Å². The largest absolute Gasteiger partial charge is 0.366 e. The quantitative estimate of drug-likeness (QED) is 0.777. The van der Waals surface area contributed by atoms with Gasteiger partial charge in [-0.2, -0.15) is 0 Å². The van der Waals surface area contributed by atoms with Crippen LogP contribution in [0.1, 0.15) is 19.3 Å². The molecule has 0 aromatic heterocycles. The average Bonchev–Trinajstić information content (AvgIpc) is 2.44. The van der Waals surface area contributed by atoms with E-state index < -0.39 is 0 Å².